The van der Waals surface area contributed by atoms with E-state index in [0.29, 0.717) is 0 Å². The molecule has 0 bridgehead atoms. The number of hydrogen-bond donors (Lipinski definition) is 2. The van der Waals surface area contributed by atoms with Crippen molar-refractivity contribution in [3.05, 3.63) is 0 Å². The van der Waals surface area contributed by atoms with Crippen molar-refractivity contribution < 1.29 is 10.2 Å². The molecular weight excluding hydrogens is 208 g/mol. The maximum absolute atomic E-state index is 8.06. The molecule has 0 atom stereocenters. The predicted octanol–water partition coefficient (Wildman–Crippen LogP) is 2.38. The minimum absolute atomic E-state index is 0.00463. The Balaban J connectivity index is 0. The van der Waals surface area contributed by atoms with Crippen molar-refractivity contribution in [2.24, 2.45) is 0 Å². The number of thioether (sulfide) groups is 2. The molecule has 0 unspecified atom stereocenters. The molecule has 0 aliphatic rings. The van der Waals surface area contributed by atoms with Gasteiger partial charge in [-0.2, -0.15) is 0 Å². The Kier molecular flexibility index (Phi) is 12.4. The zero-order chi connectivity index (χ0) is 8.57. The van der Waals surface area contributed by atoms with Crippen LogP contribution in [-0.4, -0.2) is 31.5 Å². The van der Waals surface area contributed by atoms with E-state index in [-0.39, 0.29) is 8.77 Å². The van der Waals surface area contributed by atoms with Gasteiger partial charge in [0.2, 0.25) is 8.77 Å². The lowest BCUT2D eigenvalue weighted by atomic mass is 11.7. The lowest BCUT2D eigenvalue weighted by molar-refractivity contribution is 0.585. The molecular formula is C4H8O2S4. The molecule has 6 heteroatoms. The highest BCUT2D eigenvalue weighted by molar-refractivity contribution is 8.22. The number of rotatable bonds is 0. The fourth-order valence-electron chi connectivity index (χ4n) is 0. The van der Waals surface area contributed by atoms with Crippen LogP contribution in [0.5, 0.6) is 0 Å². The quantitative estimate of drug-likeness (QED) is 0.606. The molecule has 0 saturated heterocycles. The minimum Gasteiger partial charge on any atom is -0.494 e. The van der Waals surface area contributed by atoms with Crippen LogP contribution in [0.4, 0.5) is 0 Å². The van der Waals surface area contributed by atoms with E-state index in [4.69, 9.17) is 10.2 Å². The number of aliphatic hydroxyl groups is 2. The molecule has 2 N–H and O–H groups in total. The topological polar surface area (TPSA) is 40.5 Å². The zero-order valence-electron chi connectivity index (χ0n) is 5.53. The Labute approximate surface area is 79.4 Å². The lowest BCUT2D eigenvalue weighted by Crippen LogP contribution is -1.75. The van der Waals surface area contributed by atoms with Crippen LogP contribution < -0.4 is 0 Å². The molecule has 0 aliphatic carbocycles. The van der Waals surface area contributed by atoms with Crippen molar-refractivity contribution in [3.63, 3.8) is 0 Å². The Bertz CT molecular complexity index is 99.8. The van der Waals surface area contributed by atoms with Crippen molar-refractivity contribution in [2.75, 3.05) is 12.5 Å². The van der Waals surface area contributed by atoms with Crippen LogP contribution in [-0.2, 0) is 0 Å². The predicted molar refractivity (Wildman–Crippen MR) is 57.5 cm³/mol. The largest absolute Gasteiger partial charge is 0.494 e. The van der Waals surface area contributed by atoms with E-state index in [1.807, 2.05) is 0 Å². The number of aliphatic hydroxyl groups excluding tert-OH is 2. The van der Waals surface area contributed by atoms with Gasteiger partial charge in [0.25, 0.3) is 0 Å². The van der Waals surface area contributed by atoms with Crippen LogP contribution >= 0.6 is 48.0 Å². The highest BCUT2D eigenvalue weighted by Gasteiger charge is 1.75. The van der Waals surface area contributed by atoms with E-state index in [0.717, 1.165) is 0 Å². The van der Waals surface area contributed by atoms with Gasteiger partial charge in [-0.1, -0.05) is 23.5 Å². The minimum atomic E-state index is 0.00463. The summed E-state index contributed by atoms with van der Waals surface area (Å²) in [6.45, 7) is 0. The van der Waals surface area contributed by atoms with Gasteiger partial charge >= 0.3 is 0 Å². The Morgan fingerprint density at radius 1 is 1.00 bits per heavy atom. The Morgan fingerprint density at radius 3 is 1.10 bits per heavy atom. The first kappa shape index (κ1) is 13.1. The van der Waals surface area contributed by atoms with Gasteiger partial charge in [-0.3, -0.25) is 0 Å². The van der Waals surface area contributed by atoms with E-state index in [9.17, 15) is 0 Å². The van der Waals surface area contributed by atoms with Crippen LogP contribution in [0.3, 0.4) is 0 Å². The highest BCUT2D eigenvalue weighted by Crippen LogP contribution is 1.90. The summed E-state index contributed by atoms with van der Waals surface area (Å²) in [5.41, 5.74) is 0. The molecule has 0 aromatic carbocycles. The van der Waals surface area contributed by atoms with Gasteiger partial charge in [-0.15, -0.1) is 0 Å². The zero-order valence-corrected chi connectivity index (χ0v) is 8.79. The van der Waals surface area contributed by atoms with E-state index < -0.39 is 0 Å². The summed E-state index contributed by atoms with van der Waals surface area (Å²) in [6.07, 6.45) is 3.45. The summed E-state index contributed by atoms with van der Waals surface area (Å²) in [7, 11) is 0. The van der Waals surface area contributed by atoms with Gasteiger partial charge in [0.15, 0.2) is 0 Å². The van der Waals surface area contributed by atoms with Crippen molar-refractivity contribution in [1.29, 1.82) is 0 Å². The molecule has 60 valence electrons. The van der Waals surface area contributed by atoms with Crippen LogP contribution in [0.1, 0.15) is 0 Å². The molecule has 0 radical (unpaired) electrons. The number of hydrogen-bond acceptors (Lipinski definition) is 4. The molecule has 0 rings (SSSR count). The average molecular weight is 216 g/mol. The van der Waals surface area contributed by atoms with Gasteiger partial charge < -0.3 is 10.2 Å². The van der Waals surface area contributed by atoms with E-state index in [2.05, 4.69) is 24.4 Å². The molecule has 0 aliphatic heterocycles. The van der Waals surface area contributed by atoms with Crippen LogP contribution in [0.15, 0.2) is 0 Å². The number of thiocarbonyl (C=S) groups is 2. The highest BCUT2D eigenvalue weighted by atomic mass is 32.2. The average Bonchev–Trinajstić information content (AvgIpc) is 1.89. The fraction of sp³-hybridized carbons (Fsp3) is 0.500. The maximum Gasteiger partial charge on any atom is 0.217 e. The van der Waals surface area contributed by atoms with Crippen molar-refractivity contribution in [1.82, 2.24) is 0 Å². The normalized spacial score (nSPS) is 7.40. The van der Waals surface area contributed by atoms with Crippen molar-refractivity contribution >= 4 is 56.7 Å². The third-order valence-corrected chi connectivity index (χ3v) is 2.05. The van der Waals surface area contributed by atoms with Gasteiger partial charge in [-0.05, 0) is 36.9 Å². The molecule has 0 aromatic rings. The third-order valence-electron chi connectivity index (χ3n) is 0.349. The molecule has 0 saturated carbocycles. The first-order valence-electron chi connectivity index (χ1n) is 2.08. The summed E-state index contributed by atoms with van der Waals surface area (Å²) in [6, 6.07) is 0. The molecule has 2 nitrogen and oxygen atoms in total. The van der Waals surface area contributed by atoms with E-state index in [1.165, 1.54) is 23.5 Å². The summed E-state index contributed by atoms with van der Waals surface area (Å²) in [5.74, 6) is 0. The standard InChI is InChI=1S/2C2H4OS2/c2*1-5-2(3)4/h2*1H3,(H,3,4). The maximum atomic E-state index is 8.06. The van der Waals surface area contributed by atoms with Crippen LogP contribution in [0.25, 0.3) is 0 Å². The van der Waals surface area contributed by atoms with Crippen molar-refractivity contribution in [3.8, 4) is 0 Å². The summed E-state index contributed by atoms with van der Waals surface area (Å²) in [5, 5.41) is 16.1. The van der Waals surface area contributed by atoms with Crippen LogP contribution in [0, 0.1) is 0 Å². The van der Waals surface area contributed by atoms with Gasteiger partial charge in [0.05, 0.1) is 0 Å². The fourth-order valence-corrected chi connectivity index (χ4v) is 0. The Morgan fingerprint density at radius 2 is 1.10 bits per heavy atom. The molecule has 0 heterocycles. The lowest BCUT2D eigenvalue weighted by Gasteiger charge is -1.76. The molecule has 0 aromatic heterocycles. The Hall–Kier alpha value is 0.480. The summed E-state index contributed by atoms with van der Waals surface area (Å²) < 4.78 is 0.00926. The second-order valence-corrected chi connectivity index (χ2v) is 3.82. The second kappa shape index (κ2) is 9.48. The smallest absolute Gasteiger partial charge is 0.217 e. The monoisotopic (exact) mass is 216 g/mol. The van der Waals surface area contributed by atoms with E-state index in [1.54, 1.807) is 12.5 Å². The first-order chi connectivity index (χ1) is 4.54. The third kappa shape index (κ3) is 23.6. The summed E-state index contributed by atoms with van der Waals surface area (Å²) >= 11 is 10.8. The molecule has 0 amide bonds. The van der Waals surface area contributed by atoms with Gasteiger partial charge in [-0.25, -0.2) is 0 Å². The molecule has 10 heavy (non-hydrogen) atoms. The molecule has 0 spiro atoms. The second-order valence-electron chi connectivity index (χ2n) is 0.940. The van der Waals surface area contributed by atoms with Crippen LogP contribution in [0.2, 0.25) is 0 Å². The van der Waals surface area contributed by atoms with Gasteiger partial charge in [0, 0.05) is 0 Å². The van der Waals surface area contributed by atoms with Gasteiger partial charge in [0.1, 0.15) is 0 Å². The van der Waals surface area contributed by atoms with Crippen molar-refractivity contribution in [2.45, 2.75) is 0 Å². The van der Waals surface area contributed by atoms with E-state index >= 15 is 0 Å². The SMILES string of the molecule is CSC(O)=S.CSC(O)=S. The summed E-state index contributed by atoms with van der Waals surface area (Å²) in [4.78, 5) is 0. The molecule has 0 fully saturated rings. The first-order valence-corrected chi connectivity index (χ1v) is 5.35.